The Morgan fingerprint density at radius 1 is 1.14 bits per heavy atom. The molecule has 0 radical (unpaired) electrons. The zero-order valence-electron chi connectivity index (χ0n) is 11.1. The maximum Gasteiger partial charge on any atom is 0.303 e. The molecule has 114 valence electrons. The molecule has 7 heteroatoms. The first-order valence-corrected chi connectivity index (χ1v) is 6.54. The number of carboxylic acid groups (broad SMARTS) is 1. The van der Waals surface area contributed by atoms with Crippen LogP contribution in [0, 0.1) is 23.4 Å². The molecule has 1 aromatic rings. The average molecular weight is 301 g/mol. The standard InChI is InChI=1S/C14H14F3NO3/c15-10-2-1-9(12(16)13(10)17)14(21)18-5-3-8(4-6-18)7-11(19)20/h1-2,8H,3-7H2,(H,19,20). The zero-order chi connectivity index (χ0) is 15.6. The molecule has 1 heterocycles. The first kappa shape index (κ1) is 15.3. The lowest BCUT2D eigenvalue weighted by atomic mass is 9.93. The SMILES string of the molecule is O=C(O)CC1CCN(C(=O)c2ccc(F)c(F)c2F)CC1. The number of amides is 1. The number of piperidine rings is 1. The van der Waals surface area contributed by atoms with E-state index in [1.54, 1.807) is 0 Å². The van der Waals surface area contributed by atoms with Gasteiger partial charge in [-0.15, -0.1) is 0 Å². The fourth-order valence-corrected chi connectivity index (χ4v) is 2.45. The zero-order valence-corrected chi connectivity index (χ0v) is 11.1. The number of nitrogens with zero attached hydrogens (tertiary/aromatic N) is 1. The van der Waals surface area contributed by atoms with Crippen LogP contribution >= 0.6 is 0 Å². The third-order valence-corrected chi connectivity index (χ3v) is 3.63. The topological polar surface area (TPSA) is 57.6 Å². The number of carbonyl (C=O) groups is 2. The summed E-state index contributed by atoms with van der Waals surface area (Å²) in [4.78, 5) is 24.0. The van der Waals surface area contributed by atoms with Gasteiger partial charge in [0, 0.05) is 19.5 Å². The highest BCUT2D eigenvalue weighted by Gasteiger charge is 2.27. The predicted molar refractivity (Wildman–Crippen MR) is 67.2 cm³/mol. The maximum absolute atomic E-state index is 13.6. The van der Waals surface area contributed by atoms with Gasteiger partial charge in [0.2, 0.25) is 0 Å². The van der Waals surface area contributed by atoms with E-state index in [-0.39, 0.29) is 25.4 Å². The number of carbonyl (C=O) groups excluding carboxylic acids is 1. The number of benzene rings is 1. The minimum absolute atomic E-state index is 0.0265. The van der Waals surface area contributed by atoms with E-state index in [4.69, 9.17) is 5.11 Å². The van der Waals surface area contributed by atoms with E-state index in [0.717, 1.165) is 6.07 Å². The Labute approximate surface area is 119 Å². The smallest absolute Gasteiger partial charge is 0.303 e. The molecule has 0 unspecified atom stereocenters. The van der Waals surface area contributed by atoms with Crippen molar-refractivity contribution in [1.29, 1.82) is 0 Å². The molecule has 0 aliphatic carbocycles. The second-order valence-corrected chi connectivity index (χ2v) is 5.06. The Kier molecular flexibility index (Phi) is 4.50. The van der Waals surface area contributed by atoms with Crippen molar-refractivity contribution >= 4 is 11.9 Å². The van der Waals surface area contributed by atoms with Gasteiger partial charge < -0.3 is 10.0 Å². The summed E-state index contributed by atoms with van der Waals surface area (Å²) in [6.07, 6.45) is 1.01. The minimum atomic E-state index is -1.67. The van der Waals surface area contributed by atoms with E-state index in [1.165, 1.54) is 4.90 Å². The molecular formula is C14H14F3NO3. The maximum atomic E-state index is 13.6. The molecule has 1 saturated heterocycles. The van der Waals surface area contributed by atoms with Crippen molar-refractivity contribution < 1.29 is 27.9 Å². The summed E-state index contributed by atoms with van der Waals surface area (Å²) in [6, 6.07) is 1.63. The summed E-state index contributed by atoms with van der Waals surface area (Å²) >= 11 is 0. The number of halogens is 3. The van der Waals surface area contributed by atoms with Gasteiger partial charge in [0.1, 0.15) is 0 Å². The van der Waals surface area contributed by atoms with Gasteiger partial charge in [-0.1, -0.05) is 0 Å². The fraction of sp³-hybridized carbons (Fsp3) is 0.429. The lowest BCUT2D eigenvalue weighted by molar-refractivity contribution is -0.138. The highest BCUT2D eigenvalue weighted by Crippen LogP contribution is 2.23. The summed E-state index contributed by atoms with van der Waals surface area (Å²) in [5.41, 5.74) is -0.509. The van der Waals surface area contributed by atoms with Crippen molar-refractivity contribution in [1.82, 2.24) is 4.90 Å². The van der Waals surface area contributed by atoms with E-state index in [2.05, 4.69) is 0 Å². The molecule has 0 aromatic heterocycles. The average Bonchev–Trinajstić information content (AvgIpc) is 2.44. The van der Waals surface area contributed by atoms with Crippen LogP contribution in [0.25, 0.3) is 0 Å². The van der Waals surface area contributed by atoms with Crippen LogP contribution in [0.3, 0.4) is 0 Å². The monoisotopic (exact) mass is 301 g/mol. The lowest BCUT2D eigenvalue weighted by Gasteiger charge is -2.31. The Hall–Kier alpha value is -2.05. The summed E-state index contributed by atoms with van der Waals surface area (Å²) in [7, 11) is 0. The second-order valence-electron chi connectivity index (χ2n) is 5.06. The summed E-state index contributed by atoms with van der Waals surface area (Å²) in [5, 5.41) is 8.70. The number of rotatable bonds is 3. The minimum Gasteiger partial charge on any atom is -0.481 e. The first-order chi connectivity index (χ1) is 9.90. The molecule has 1 aromatic carbocycles. The van der Waals surface area contributed by atoms with E-state index >= 15 is 0 Å². The third kappa shape index (κ3) is 3.34. The van der Waals surface area contributed by atoms with Crippen molar-refractivity contribution in [2.45, 2.75) is 19.3 Å². The predicted octanol–water partition coefficient (Wildman–Crippen LogP) is 2.43. The number of aliphatic carboxylic acids is 1. The fourth-order valence-electron chi connectivity index (χ4n) is 2.45. The van der Waals surface area contributed by atoms with Crippen LogP contribution in [0.1, 0.15) is 29.6 Å². The van der Waals surface area contributed by atoms with Crippen LogP contribution in [-0.4, -0.2) is 35.0 Å². The summed E-state index contributed by atoms with van der Waals surface area (Å²) in [5.74, 6) is -6.13. The molecule has 0 atom stereocenters. The van der Waals surface area contributed by atoms with Gasteiger partial charge in [-0.3, -0.25) is 9.59 Å². The molecule has 0 saturated carbocycles. The van der Waals surface area contributed by atoms with Crippen LogP contribution in [0.15, 0.2) is 12.1 Å². The van der Waals surface area contributed by atoms with Crippen LogP contribution < -0.4 is 0 Å². The molecule has 1 N–H and O–H groups in total. The van der Waals surface area contributed by atoms with Gasteiger partial charge in [0.05, 0.1) is 5.56 Å². The lowest BCUT2D eigenvalue weighted by Crippen LogP contribution is -2.39. The Morgan fingerprint density at radius 3 is 2.33 bits per heavy atom. The Morgan fingerprint density at radius 2 is 1.76 bits per heavy atom. The van der Waals surface area contributed by atoms with Gasteiger partial charge in [-0.2, -0.15) is 0 Å². The molecule has 1 aliphatic rings. The van der Waals surface area contributed by atoms with E-state index in [0.29, 0.717) is 18.9 Å². The molecule has 4 nitrogen and oxygen atoms in total. The van der Waals surface area contributed by atoms with Gasteiger partial charge >= 0.3 is 5.97 Å². The summed E-state index contributed by atoms with van der Waals surface area (Å²) in [6.45, 7) is 0.546. The van der Waals surface area contributed by atoms with Crippen LogP contribution in [0.2, 0.25) is 0 Å². The van der Waals surface area contributed by atoms with Crippen molar-refractivity contribution in [2.75, 3.05) is 13.1 Å². The molecule has 0 spiro atoms. The molecule has 2 rings (SSSR count). The van der Waals surface area contributed by atoms with Crippen molar-refractivity contribution in [3.63, 3.8) is 0 Å². The molecule has 1 aliphatic heterocycles. The Bertz CT molecular complexity index is 569. The third-order valence-electron chi connectivity index (χ3n) is 3.63. The largest absolute Gasteiger partial charge is 0.481 e. The molecule has 0 bridgehead atoms. The molecule has 1 amide bonds. The van der Waals surface area contributed by atoms with Gasteiger partial charge in [-0.05, 0) is 30.9 Å². The first-order valence-electron chi connectivity index (χ1n) is 6.54. The molecule has 21 heavy (non-hydrogen) atoms. The van der Waals surface area contributed by atoms with Crippen LogP contribution in [0.4, 0.5) is 13.2 Å². The van der Waals surface area contributed by atoms with Gasteiger partial charge in [-0.25, -0.2) is 13.2 Å². The highest BCUT2D eigenvalue weighted by molar-refractivity contribution is 5.94. The van der Waals surface area contributed by atoms with E-state index in [1.807, 2.05) is 0 Å². The second kappa shape index (κ2) is 6.15. The van der Waals surface area contributed by atoms with Crippen molar-refractivity contribution in [3.05, 3.63) is 35.1 Å². The van der Waals surface area contributed by atoms with E-state index < -0.39 is 34.9 Å². The van der Waals surface area contributed by atoms with E-state index in [9.17, 15) is 22.8 Å². The highest BCUT2D eigenvalue weighted by atomic mass is 19.2. The normalized spacial score (nSPS) is 16.0. The number of hydrogen-bond acceptors (Lipinski definition) is 2. The van der Waals surface area contributed by atoms with Crippen LogP contribution in [-0.2, 0) is 4.79 Å². The van der Waals surface area contributed by atoms with Gasteiger partial charge in [0.15, 0.2) is 17.5 Å². The number of hydrogen-bond donors (Lipinski definition) is 1. The molecule has 1 fully saturated rings. The summed E-state index contributed by atoms with van der Waals surface area (Å²) < 4.78 is 39.6. The number of likely N-dealkylation sites (tertiary alicyclic amines) is 1. The number of carboxylic acids is 1. The van der Waals surface area contributed by atoms with Crippen molar-refractivity contribution in [2.24, 2.45) is 5.92 Å². The quantitative estimate of drug-likeness (QED) is 0.872. The van der Waals surface area contributed by atoms with Gasteiger partial charge in [0.25, 0.3) is 5.91 Å². The van der Waals surface area contributed by atoms with Crippen molar-refractivity contribution in [3.8, 4) is 0 Å². The molecular weight excluding hydrogens is 287 g/mol. The Balaban J connectivity index is 2.06. The van der Waals surface area contributed by atoms with Crippen LogP contribution in [0.5, 0.6) is 0 Å².